The first-order valence-corrected chi connectivity index (χ1v) is 4.25. The molecule has 0 saturated carbocycles. The molecule has 1 aliphatic rings. The molecule has 1 aliphatic heterocycles. The van der Waals surface area contributed by atoms with Gasteiger partial charge in [-0.3, -0.25) is 4.79 Å². The first-order chi connectivity index (χ1) is 5.91. The zero-order valence-electron chi connectivity index (χ0n) is 7.65. The van der Waals surface area contributed by atoms with E-state index in [1.807, 2.05) is 0 Å². The van der Waals surface area contributed by atoms with Crippen LogP contribution in [0.1, 0.15) is 19.8 Å². The minimum atomic E-state index is -3.25. The van der Waals surface area contributed by atoms with Crippen molar-refractivity contribution in [2.45, 2.75) is 25.7 Å². The molecule has 0 aromatic rings. The fraction of sp³-hybridized carbons (Fsp3) is 0.667. The summed E-state index contributed by atoms with van der Waals surface area (Å²) in [7, 11) is 0. The zero-order chi connectivity index (χ0) is 10.1. The second-order valence-electron chi connectivity index (χ2n) is 3.47. The van der Waals surface area contributed by atoms with Crippen LogP contribution in [0.3, 0.4) is 0 Å². The molecule has 0 bridgehead atoms. The molecule has 1 saturated heterocycles. The highest BCUT2D eigenvalue weighted by atomic mass is 19.3. The summed E-state index contributed by atoms with van der Waals surface area (Å²) >= 11 is 0. The summed E-state index contributed by atoms with van der Waals surface area (Å²) in [6.07, 6.45) is 1.57. The molecule has 1 fully saturated rings. The van der Waals surface area contributed by atoms with Gasteiger partial charge in [-0.1, -0.05) is 12.2 Å². The van der Waals surface area contributed by atoms with Gasteiger partial charge in [-0.15, -0.1) is 0 Å². The van der Waals surface area contributed by atoms with Crippen molar-refractivity contribution in [1.29, 1.82) is 0 Å². The Bertz CT molecular complexity index is 232. The number of rotatable bonds is 1. The van der Waals surface area contributed by atoms with Crippen LogP contribution in [-0.4, -0.2) is 29.8 Å². The maximum absolute atomic E-state index is 12.6. The lowest BCUT2D eigenvalue weighted by Gasteiger charge is -2.30. The van der Waals surface area contributed by atoms with Crippen LogP contribution in [0.5, 0.6) is 0 Å². The van der Waals surface area contributed by atoms with E-state index in [2.05, 4.69) is 6.58 Å². The van der Waals surface area contributed by atoms with Crippen LogP contribution in [0, 0.1) is 0 Å². The average molecular weight is 189 g/mol. The van der Waals surface area contributed by atoms with Gasteiger partial charge in [0.05, 0.1) is 0 Å². The summed E-state index contributed by atoms with van der Waals surface area (Å²) in [5.74, 6) is -4.34. The molecule has 1 heterocycles. The number of alkyl halides is 2. The molecule has 13 heavy (non-hydrogen) atoms. The third kappa shape index (κ3) is 2.50. The van der Waals surface area contributed by atoms with Crippen LogP contribution in [0.15, 0.2) is 12.2 Å². The van der Waals surface area contributed by atoms with Crippen molar-refractivity contribution in [2.75, 3.05) is 13.1 Å². The van der Waals surface area contributed by atoms with E-state index >= 15 is 0 Å². The summed E-state index contributed by atoms with van der Waals surface area (Å²) in [6.45, 7) is 5.02. The Morgan fingerprint density at radius 2 is 2.23 bits per heavy atom. The van der Waals surface area contributed by atoms with Gasteiger partial charge in [0.15, 0.2) is 0 Å². The monoisotopic (exact) mass is 189 g/mol. The van der Waals surface area contributed by atoms with Gasteiger partial charge in [0.25, 0.3) is 5.91 Å². The second-order valence-corrected chi connectivity index (χ2v) is 3.47. The van der Waals surface area contributed by atoms with Crippen molar-refractivity contribution in [1.82, 2.24) is 4.90 Å². The van der Waals surface area contributed by atoms with Gasteiger partial charge < -0.3 is 4.90 Å². The maximum Gasteiger partial charge on any atom is 0.322 e. The highest BCUT2D eigenvalue weighted by Gasteiger charge is 2.37. The molecule has 0 aromatic carbocycles. The molecular weight excluding hydrogens is 176 g/mol. The van der Waals surface area contributed by atoms with Crippen molar-refractivity contribution < 1.29 is 13.6 Å². The number of amides is 1. The Kier molecular flexibility index (Phi) is 2.68. The van der Waals surface area contributed by atoms with E-state index < -0.39 is 11.8 Å². The van der Waals surface area contributed by atoms with Crippen LogP contribution >= 0.6 is 0 Å². The van der Waals surface area contributed by atoms with Crippen LogP contribution in [0.2, 0.25) is 0 Å². The first-order valence-electron chi connectivity index (χ1n) is 4.25. The molecule has 1 rings (SSSR count). The highest BCUT2D eigenvalue weighted by molar-refractivity contribution is 5.83. The average Bonchev–Trinajstić information content (AvgIpc) is 2.01. The van der Waals surface area contributed by atoms with E-state index in [9.17, 15) is 13.6 Å². The number of hydrogen-bond acceptors (Lipinski definition) is 1. The van der Waals surface area contributed by atoms with Crippen LogP contribution in [-0.2, 0) is 4.79 Å². The van der Waals surface area contributed by atoms with E-state index in [0.717, 1.165) is 18.4 Å². The lowest BCUT2D eigenvalue weighted by Crippen LogP contribution is -2.44. The van der Waals surface area contributed by atoms with Crippen molar-refractivity contribution in [3.63, 3.8) is 0 Å². The normalized spacial score (nSPS) is 19.0. The second kappa shape index (κ2) is 3.44. The number of halogens is 2. The summed E-state index contributed by atoms with van der Waals surface area (Å²) in [5.41, 5.74) is 0.851. The number of carbonyl (C=O) groups is 1. The standard InChI is InChI=1S/C9H13F2NO/c1-7-4-3-5-12(6-7)8(13)9(2,10)11/h1,3-6H2,2H3. The predicted octanol–water partition coefficient (Wildman–Crippen LogP) is 1.82. The molecule has 0 N–H and O–H groups in total. The first kappa shape index (κ1) is 10.2. The largest absolute Gasteiger partial charge is 0.334 e. The van der Waals surface area contributed by atoms with Gasteiger partial charge in [-0.2, -0.15) is 8.78 Å². The predicted molar refractivity (Wildman–Crippen MR) is 45.6 cm³/mol. The van der Waals surface area contributed by atoms with Gasteiger partial charge in [0.2, 0.25) is 0 Å². The fourth-order valence-electron chi connectivity index (χ4n) is 1.40. The topological polar surface area (TPSA) is 20.3 Å². The third-order valence-electron chi connectivity index (χ3n) is 2.04. The fourth-order valence-corrected chi connectivity index (χ4v) is 1.40. The number of nitrogens with zero attached hydrogens (tertiary/aromatic N) is 1. The quantitative estimate of drug-likeness (QED) is 0.576. The Hall–Kier alpha value is -0.930. The minimum Gasteiger partial charge on any atom is -0.334 e. The Morgan fingerprint density at radius 3 is 2.69 bits per heavy atom. The molecule has 0 aromatic heterocycles. The van der Waals surface area contributed by atoms with E-state index in [1.165, 1.54) is 4.90 Å². The smallest absolute Gasteiger partial charge is 0.322 e. The summed E-state index contributed by atoms with van der Waals surface area (Å²) < 4.78 is 25.2. The Balaban J connectivity index is 2.62. The molecule has 0 radical (unpaired) electrons. The molecule has 0 aliphatic carbocycles. The SMILES string of the molecule is C=C1CCCN(C(=O)C(C)(F)F)C1. The molecule has 0 spiro atoms. The van der Waals surface area contributed by atoms with Crippen molar-refractivity contribution >= 4 is 5.91 Å². The Labute approximate surface area is 76.2 Å². The van der Waals surface area contributed by atoms with E-state index in [0.29, 0.717) is 13.5 Å². The molecular formula is C9H13F2NO. The third-order valence-corrected chi connectivity index (χ3v) is 2.04. The molecule has 4 heteroatoms. The highest BCUT2D eigenvalue weighted by Crippen LogP contribution is 2.20. The number of likely N-dealkylation sites (tertiary alicyclic amines) is 1. The summed E-state index contributed by atoms with van der Waals surface area (Å²) in [4.78, 5) is 12.3. The molecule has 0 atom stereocenters. The lowest BCUT2D eigenvalue weighted by molar-refractivity contribution is -0.154. The number of hydrogen-bond donors (Lipinski definition) is 0. The lowest BCUT2D eigenvalue weighted by atomic mass is 10.1. The summed E-state index contributed by atoms with van der Waals surface area (Å²) in [6, 6.07) is 0. The van der Waals surface area contributed by atoms with E-state index in [-0.39, 0.29) is 6.54 Å². The maximum atomic E-state index is 12.6. The van der Waals surface area contributed by atoms with Gasteiger partial charge in [0.1, 0.15) is 0 Å². The van der Waals surface area contributed by atoms with Crippen molar-refractivity contribution in [3.05, 3.63) is 12.2 Å². The van der Waals surface area contributed by atoms with Gasteiger partial charge >= 0.3 is 5.92 Å². The zero-order valence-corrected chi connectivity index (χ0v) is 7.65. The van der Waals surface area contributed by atoms with Gasteiger partial charge in [0, 0.05) is 20.0 Å². The van der Waals surface area contributed by atoms with Crippen molar-refractivity contribution in [3.8, 4) is 0 Å². The number of carbonyl (C=O) groups excluding carboxylic acids is 1. The molecule has 0 unspecified atom stereocenters. The molecule has 74 valence electrons. The minimum absolute atomic E-state index is 0.280. The van der Waals surface area contributed by atoms with E-state index in [4.69, 9.17) is 0 Å². The van der Waals surface area contributed by atoms with Gasteiger partial charge in [-0.25, -0.2) is 0 Å². The van der Waals surface area contributed by atoms with Crippen molar-refractivity contribution in [2.24, 2.45) is 0 Å². The Morgan fingerprint density at radius 1 is 1.62 bits per heavy atom. The van der Waals surface area contributed by atoms with Gasteiger partial charge in [-0.05, 0) is 12.8 Å². The van der Waals surface area contributed by atoms with Crippen LogP contribution < -0.4 is 0 Å². The van der Waals surface area contributed by atoms with E-state index in [1.54, 1.807) is 0 Å². The number of piperidine rings is 1. The van der Waals surface area contributed by atoms with Crippen LogP contribution in [0.25, 0.3) is 0 Å². The molecule has 1 amide bonds. The summed E-state index contributed by atoms with van der Waals surface area (Å²) in [5, 5.41) is 0. The molecule has 2 nitrogen and oxygen atoms in total. The van der Waals surface area contributed by atoms with Crippen LogP contribution in [0.4, 0.5) is 8.78 Å².